The van der Waals surface area contributed by atoms with Crippen LogP contribution in [-0.4, -0.2) is 13.7 Å². The molecule has 1 aliphatic rings. The predicted octanol–water partition coefficient (Wildman–Crippen LogP) is 3.15. The van der Waals surface area contributed by atoms with Crippen LogP contribution in [0.25, 0.3) is 0 Å². The van der Waals surface area contributed by atoms with E-state index in [2.05, 4.69) is 0 Å². The summed E-state index contributed by atoms with van der Waals surface area (Å²) in [5.74, 6) is -0.845. The first-order valence-electron chi connectivity index (χ1n) is 6.62. The molecule has 5 heteroatoms. The highest BCUT2D eigenvalue weighted by molar-refractivity contribution is 5.43. The average molecular weight is 291 g/mol. The number of rotatable bonds is 3. The van der Waals surface area contributed by atoms with E-state index in [0.717, 1.165) is 17.7 Å². The van der Waals surface area contributed by atoms with E-state index in [-0.39, 0.29) is 17.2 Å². The molecule has 0 saturated heterocycles. The van der Waals surface area contributed by atoms with Crippen LogP contribution >= 0.6 is 0 Å². The Morgan fingerprint density at radius 1 is 1.24 bits per heavy atom. The number of benzene rings is 2. The Morgan fingerprint density at radius 3 is 2.57 bits per heavy atom. The predicted molar refractivity (Wildman–Crippen MR) is 74.5 cm³/mol. The lowest BCUT2D eigenvalue weighted by atomic mass is 9.88. The molecule has 0 saturated carbocycles. The highest BCUT2D eigenvalue weighted by Crippen LogP contribution is 2.41. The minimum Gasteiger partial charge on any atom is -0.497 e. The van der Waals surface area contributed by atoms with Crippen LogP contribution in [0.3, 0.4) is 0 Å². The van der Waals surface area contributed by atoms with Crippen molar-refractivity contribution in [2.45, 2.75) is 12.0 Å². The van der Waals surface area contributed by atoms with Gasteiger partial charge in [-0.2, -0.15) is 0 Å². The average Bonchev–Trinajstić information content (AvgIpc) is 2.90. The van der Waals surface area contributed by atoms with Crippen LogP contribution in [0.1, 0.15) is 23.1 Å². The molecule has 1 heterocycles. The van der Waals surface area contributed by atoms with E-state index in [1.807, 2.05) is 24.3 Å². The molecule has 0 bridgehead atoms. The van der Waals surface area contributed by atoms with Crippen molar-refractivity contribution >= 4 is 0 Å². The zero-order valence-electron chi connectivity index (χ0n) is 11.5. The molecule has 2 atom stereocenters. The summed E-state index contributed by atoms with van der Waals surface area (Å²) in [6.45, 7) is 0.311. The number of fused-ring (bicyclic) bond motifs is 1. The van der Waals surface area contributed by atoms with Crippen LogP contribution in [0, 0.1) is 11.6 Å². The van der Waals surface area contributed by atoms with E-state index in [9.17, 15) is 8.78 Å². The van der Waals surface area contributed by atoms with Crippen molar-refractivity contribution in [1.29, 1.82) is 0 Å². The first kappa shape index (κ1) is 13.8. The summed E-state index contributed by atoms with van der Waals surface area (Å²) < 4.78 is 38.6. The molecule has 110 valence electrons. The number of methoxy groups -OCH3 is 1. The first-order chi connectivity index (χ1) is 10.1. The van der Waals surface area contributed by atoms with Crippen molar-refractivity contribution in [2.24, 2.45) is 5.73 Å². The van der Waals surface area contributed by atoms with Crippen LogP contribution in [0.15, 0.2) is 36.4 Å². The number of halogens is 2. The second kappa shape index (κ2) is 5.33. The molecule has 3 rings (SSSR count). The fourth-order valence-electron chi connectivity index (χ4n) is 2.68. The molecule has 2 N–H and O–H groups in total. The van der Waals surface area contributed by atoms with Crippen LogP contribution in [0.5, 0.6) is 11.5 Å². The highest BCUT2D eigenvalue weighted by atomic mass is 19.1. The Hall–Kier alpha value is -2.14. The van der Waals surface area contributed by atoms with E-state index in [1.54, 1.807) is 0 Å². The zero-order chi connectivity index (χ0) is 15.0. The number of para-hydroxylation sites is 1. The van der Waals surface area contributed by atoms with E-state index >= 15 is 0 Å². The summed E-state index contributed by atoms with van der Waals surface area (Å²) in [6.07, 6.45) is 0. The Labute approximate surface area is 121 Å². The summed E-state index contributed by atoms with van der Waals surface area (Å²) in [5, 5.41) is 0. The monoisotopic (exact) mass is 291 g/mol. The van der Waals surface area contributed by atoms with Gasteiger partial charge in [-0.1, -0.05) is 18.2 Å². The van der Waals surface area contributed by atoms with E-state index in [4.69, 9.17) is 15.2 Å². The van der Waals surface area contributed by atoms with Crippen LogP contribution in [-0.2, 0) is 0 Å². The number of hydrogen-bond donors (Lipinski definition) is 1. The molecule has 2 unspecified atom stereocenters. The third-order valence-corrected chi connectivity index (χ3v) is 3.79. The van der Waals surface area contributed by atoms with Gasteiger partial charge in [-0.05, 0) is 6.07 Å². The van der Waals surface area contributed by atoms with Gasteiger partial charge in [-0.3, -0.25) is 0 Å². The topological polar surface area (TPSA) is 44.5 Å². The second-order valence-electron chi connectivity index (χ2n) is 4.99. The third kappa shape index (κ3) is 2.34. The summed E-state index contributed by atoms with van der Waals surface area (Å²) in [4.78, 5) is 0. The maximum Gasteiger partial charge on any atom is 0.134 e. The quantitative estimate of drug-likeness (QED) is 0.944. The molecule has 2 aromatic rings. The first-order valence-corrected chi connectivity index (χ1v) is 6.62. The van der Waals surface area contributed by atoms with Gasteiger partial charge in [-0.25, -0.2) is 8.78 Å². The Bertz CT molecular complexity index is 652. The van der Waals surface area contributed by atoms with E-state index < -0.39 is 17.7 Å². The lowest BCUT2D eigenvalue weighted by Crippen LogP contribution is -2.23. The Morgan fingerprint density at radius 2 is 1.90 bits per heavy atom. The van der Waals surface area contributed by atoms with Gasteiger partial charge >= 0.3 is 0 Å². The molecular formula is C16H15F2NO2. The fourth-order valence-corrected chi connectivity index (χ4v) is 2.68. The fraction of sp³-hybridized carbons (Fsp3) is 0.250. The molecule has 0 spiro atoms. The molecule has 0 amide bonds. The molecule has 0 aromatic heterocycles. The smallest absolute Gasteiger partial charge is 0.134 e. The molecule has 21 heavy (non-hydrogen) atoms. The van der Waals surface area contributed by atoms with Crippen LogP contribution < -0.4 is 15.2 Å². The number of hydrogen-bond acceptors (Lipinski definition) is 3. The van der Waals surface area contributed by atoms with Crippen LogP contribution in [0.2, 0.25) is 0 Å². The van der Waals surface area contributed by atoms with Crippen molar-refractivity contribution < 1.29 is 18.3 Å². The largest absolute Gasteiger partial charge is 0.497 e. The minimum atomic E-state index is -0.820. The SMILES string of the molecule is COc1cc(F)c(C(N)C2COc3ccccc32)c(F)c1. The van der Waals surface area contributed by atoms with Gasteiger partial charge < -0.3 is 15.2 Å². The van der Waals surface area contributed by atoms with Gasteiger partial charge in [0.05, 0.1) is 13.7 Å². The minimum absolute atomic E-state index is 0.129. The molecule has 2 aromatic carbocycles. The van der Waals surface area contributed by atoms with Gasteiger partial charge in [0.1, 0.15) is 23.1 Å². The maximum atomic E-state index is 14.1. The Kier molecular flexibility index (Phi) is 3.51. The van der Waals surface area contributed by atoms with Crippen molar-refractivity contribution in [3.05, 3.63) is 59.2 Å². The molecule has 0 aliphatic carbocycles. The van der Waals surface area contributed by atoms with Gasteiger partial charge in [0.2, 0.25) is 0 Å². The summed E-state index contributed by atoms with van der Waals surface area (Å²) in [5.41, 5.74) is 6.84. The summed E-state index contributed by atoms with van der Waals surface area (Å²) in [7, 11) is 1.36. The van der Waals surface area contributed by atoms with Crippen molar-refractivity contribution in [3.8, 4) is 11.5 Å². The third-order valence-electron chi connectivity index (χ3n) is 3.79. The van der Waals surface area contributed by atoms with Gasteiger partial charge in [-0.15, -0.1) is 0 Å². The maximum absolute atomic E-state index is 14.1. The Balaban J connectivity index is 1.99. The second-order valence-corrected chi connectivity index (χ2v) is 4.99. The molecule has 1 aliphatic heterocycles. The lowest BCUT2D eigenvalue weighted by Gasteiger charge is -2.20. The van der Waals surface area contributed by atoms with Gasteiger partial charge in [0.15, 0.2) is 0 Å². The molecular weight excluding hydrogens is 276 g/mol. The normalized spacial score (nSPS) is 18.0. The van der Waals surface area contributed by atoms with Crippen LogP contribution in [0.4, 0.5) is 8.78 Å². The van der Waals surface area contributed by atoms with Gasteiger partial charge in [0, 0.05) is 35.2 Å². The van der Waals surface area contributed by atoms with E-state index in [0.29, 0.717) is 12.4 Å². The highest BCUT2D eigenvalue weighted by Gasteiger charge is 2.33. The summed E-state index contributed by atoms with van der Waals surface area (Å²) in [6, 6.07) is 8.85. The molecule has 3 nitrogen and oxygen atoms in total. The zero-order valence-corrected chi connectivity index (χ0v) is 11.5. The van der Waals surface area contributed by atoms with E-state index in [1.165, 1.54) is 7.11 Å². The summed E-state index contributed by atoms with van der Waals surface area (Å²) >= 11 is 0. The van der Waals surface area contributed by atoms with Gasteiger partial charge in [0.25, 0.3) is 0 Å². The van der Waals surface area contributed by atoms with Crippen molar-refractivity contribution in [1.82, 2.24) is 0 Å². The molecule has 0 fully saturated rings. The standard InChI is InChI=1S/C16H15F2NO2/c1-20-9-6-12(17)15(13(18)7-9)16(19)11-8-21-14-5-3-2-4-10(11)14/h2-7,11,16H,8,19H2,1H3. The number of nitrogens with two attached hydrogens (primary N) is 1. The lowest BCUT2D eigenvalue weighted by molar-refractivity contribution is 0.311. The number of ether oxygens (including phenoxy) is 2. The van der Waals surface area contributed by atoms with Crippen molar-refractivity contribution in [2.75, 3.05) is 13.7 Å². The van der Waals surface area contributed by atoms with Crippen molar-refractivity contribution in [3.63, 3.8) is 0 Å². The molecule has 0 radical (unpaired) electrons.